The first-order valence-electron chi connectivity index (χ1n) is 8.47. The van der Waals surface area contributed by atoms with Crippen LogP contribution in [0.15, 0.2) is 12.1 Å². The van der Waals surface area contributed by atoms with E-state index < -0.39 is 0 Å². The molecule has 1 aromatic carbocycles. The van der Waals surface area contributed by atoms with Crippen molar-refractivity contribution in [3.63, 3.8) is 0 Å². The van der Waals surface area contributed by atoms with Gasteiger partial charge >= 0.3 is 0 Å². The lowest BCUT2D eigenvalue weighted by molar-refractivity contribution is -0.0181. The summed E-state index contributed by atoms with van der Waals surface area (Å²) in [5.41, 5.74) is 11.6. The molecule has 0 spiro atoms. The van der Waals surface area contributed by atoms with Crippen LogP contribution in [0.5, 0.6) is 0 Å². The van der Waals surface area contributed by atoms with Gasteiger partial charge in [-0.05, 0) is 56.2 Å². The third-order valence-electron chi connectivity index (χ3n) is 4.96. The first kappa shape index (κ1) is 16.5. The summed E-state index contributed by atoms with van der Waals surface area (Å²) in [6, 6.07) is 4.43. The fraction of sp³-hybridized carbons (Fsp3) is 0.684. The summed E-state index contributed by atoms with van der Waals surface area (Å²) in [7, 11) is 0. The van der Waals surface area contributed by atoms with Crippen molar-refractivity contribution < 1.29 is 4.74 Å². The highest BCUT2D eigenvalue weighted by Crippen LogP contribution is 2.30. The van der Waals surface area contributed by atoms with Crippen LogP contribution in [-0.2, 0) is 4.74 Å². The van der Waals surface area contributed by atoms with E-state index >= 15 is 0 Å². The minimum atomic E-state index is -0.00923. The van der Waals surface area contributed by atoms with Gasteiger partial charge in [0.15, 0.2) is 0 Å². The second-order valence-electron chi connectivity index (χ2n) is 6.74. The summed E-state index contributed by atoms with van der Waals surface area (Å²) in [4.78, 5) is 0. The molecule has 1 fully saturated rings. The molecule has 0 saturated heterocycles. The van der Waals surface area contributed by atoms with E-state index in [4.69, 9.17) is 10.5 Å². The maximum absolute atomic E-state index is 6.43. The van der Waals surface area contributed by atoms with Gasteiger partial charge in [-0.15, -0.1) is 0 Å². The molecular weight excluding hydrogens is 258 g/mol. The number of hydrogen-bond acceptors (Lipinski definition) is 2. The monoisotopic (exact) mass is 289 g/mol. The Labute approximate surface area is 130 Å². The van der Waals surface area contributed by atoms with Crippen LogP contribution in [0.4, 0.5) is 0 Å². The number of nitrogens with two attached hydrogens (primary N) is 1. The summed E-state index contributed by atoms with van der Waals surface area (Å²) >= 11 is 0. The van der Waals surface area contributed by atoms with Gasteiger partial charge < -0.3 is 10.5 Å². The fourth-order valence-corrected chi connectivity index (χ4v) is 3.95. The van der Waals surface area contributed by atoms with Crippen LogP contribution in [0, 0.1) is 26.7 Å². The van der Waals surface area contributed by atoms with Crippen molar-refractivity contribution in [3.8, 4) is 0 Å². The number of rotatable bonds is 5. The van der Waals surface area contributed by atoms with Gasteiger partial charge in [0.1, 0.15) is 0 Å². The normalized spacial score (nSPS) is 24.0. The van der Waals surface area contributed by atoms with Gasteiger partial charge in [-0.1, -0.05) is 43.9 Å². The molecule has 1 aliphatic rings. The third-order valence-corrected chi connectivity index (χ3v) is 4.96. The Morgan fingerprint density at radius 2 is 1.76 bits per heavy atom. The minimum Gasteiger partial charge on any atom is -0.376 e. The zero-order chi connectivity index (χ0) is 15.4. The summed E-state index contributed by atoms with van der Waals surface area (Å²) < 4.78 is 6.22. The highest BCUT2D eigenvalue weighted by atomic mass is 16.5. The van der Waals surface area contributed by atoms with Crippen molar-refractivity contribution in [2.24, 2.45) is 11.7 Å². The minimum absolute atomic E-state index is 0.00923. The number of aryl methyl sites for hydroxylation is 3. The van der Waals surface area contributed by atoms with Gasteiger partial charge in [-0.25, -0.2) is 0 Å². The van der Waals surface area contributed by atoms with Gasteiger partial charge in [0, 0.05) is 0 Å². The van der Waals surface area contributed by atoms with Crippen molar-refractivity contribution >= 4 is 0 Å². The molecule has 1 aromatic rings. The molecule has 0 bridgehead atoms. The largest absolute Gasteiger partial charge is 0.376 e. The molecule has 3 atom stereocenters. The summed E-state index contributed by atoms with van der Waals surface area (Å²) in [6.45, 7) is 9.38. The molecule has 118 valence electrons. The van der Waals surface area contributed by atoms with E-state index in [9.17, 15) is 0 Å². The predicted octanol–water partition coefficient (Wildman–Crippen LogP) is 4.60. The van der Waals surface area contributed by atoms with Crippen LogP contribution in [0.1, 0.15) is 67.3 Å². The first-order valence-corrected chi connectivity index (χ1v) is 8.47. The Balaban J connectivity index is 2.00. The Morgan fingerprint density at radius 3 is 2.38 bits per heavy atom. The lowest BCUT2D eigenvalue weighted by atomic mass is 9.84. The molecule has 2 rings (SSSR count). The predicted molar refractivity (Wildman–Crippen MR) is 89.6 cm³/mol. The van der Waals surface area contributed by atoms with E-state index in [0.29, 0.717) is 12.7 Å². The zero-order valence-electron chi connectivity index (χ0n) is 14.1. The molecule has 2 heteroatoms. The van der Waals surface area contributed by atoms with E-state index in [1.54, 1.807) is 0 Å². The highest BCUT2D eigenvalue weighted by Gasteiger charge is 2.25. The van der Waals surface area contributed by atoms with Crippen LogP contribution >= 0.6 is 0 Å². The fourth-order valence-electron chi connectivity index (χ4n) is 3.95. The van der Waals surface area contributed by atoms with Crippen LogP contribution in [0.25, 0.3) is 0 Å². The average Bonchev–Trinajstić information content (AvgIpc) is 2.44. The molecule has 2 N–H and O–H groups in total. The van der Waals surface area contributed by atoms with Crippen molar-refractivity contribution in [1.29, 1.82) is 0 Å². The summed E-state index contributed by atoms with van der Waals surface area (Å²) in [5.74, 6) is 0.728. The second kappa shape index (κ2) is 7.42. The topological polar surface area (TPSA) is 35.2 Å². The Morgan fingerprint density at radius 1 is 1.14 bits per heavy atom. The van der Waals surface area contributed by atoms with E-state index in [2.05, 4.69) is 39.8 Å². The maximum Gasteiger partial charge on any atom is 0.0663 e. The second-order valence-corrected chi connectivity index (χ2v) is 6.74. The third kappa shape index (κ3) is 4.08. The molecule has 21 heavy (non-hydrogen) atoms. The first-order chi connectivity index (χ1) is 10.0. The molecule has 2 nitrogen and oxygen atoms in total. The maximum atomic E-state index is 6.43. The van der Waals surface area contributed by atoms with Crippen LogP contribution in [0.2, 0.25) is 0 Å². The molecule has 0 aliphatic heterocycles. The number of benzene rings is 1. The Hall–Kier alpha value is -0.860. The lowest BCUT2D eigenvalue weighted by Crippen LogP contribution is -2.31. The molecule has 0 amide bonds. The number of ether oxygens (including phenoxy) is 1. The van der Waals surface area contributed by atoms with Gasteiger partial charge in [0.2, 0.25) is 0 Å². The molecule has 0 radical (unpaired) electrons. The van der Waals surface area contributed by atoms with Crippen molar-refractivity contribution in [2.45, 2.75) is 71.9 Å². The standard InChI is InChI=1S/C19H31NO/c1-5-16-8-6-7-9-18(16)21-12-17(20)19-14(3)10-13(2)11-15(19)4/h10-11,16-18H,5-9,12,20H2,1-4H3. The van der Waals surface area contributed by atoms with E-state index in [1.807, 2.05) is 0 Å². The quantitative estimate of drug-likeness (QED) is 0.860. The molecule has 3 unspecified atom stereocenters. The molecular formula is C19H31NO. The summed E-state index contributed by atoms with van der Waals surface area (Å²) in [6.07, 6.45) is 6.83. The van der Waals surface area contributed by atoms with Gasteiger partial charge in [0.25, 0.3) is 0 Å². The van der Waals surface area contributed by atoms with Crippen LogP contribution in [0.3, 0.4) is 0 Å². The van der Waals surface area contributed by atoms with Crippen LogP contribution in [-0.4, -0.2) is 12.7 Å². The molecule has 0 aromatic heterocycles. The van der Waals surface area contributed by atoms with Crippen molar-refractivity contribution in [2.75, 3.05) is 6.61 Å². The van der Waals surface area contributed by atoms with Crippen molar-refractivity contribution in [1.82, 2.24) is 0 Å². The lowest BCUT2D eigenvalue weighted by Gasteiger charge is -2.32. The van der Waals surface area contributed by atoms with Gasteiger partial charge in [-0.3, -0.25) is 0 Å². The highest BCUT2D eigenvalue weighted by molar-refractivity contribution is 5.39. The van der Waals surface area contributed by atoms with Gasteiger partial charge in [0.05, 0.1) is 18.8 Å². The average molecular weight is 289 g/mol. The Bertz CT molecular complexity index is 446. The molecule has 1 aliphatic carbocycles. The van der Waals surface area contributed by atoms with E-state index in [-0.39, 0.29) is 6.04 Å². The number of hydrogen-bond donors (Lipinski definition) is 1. The zero-order valence-corrected chi connectivity index (χ0v) is 14.1. The summed E-state index contributed by atoms with van der Waals surface area (Å²) in [5, 5.41) is 0. The SMILES string of the molecule is CCC1CCCCC1OCC(N)c1c(C)cc(C)cc1C. The molecule has 0 heterocycles. The van der Waals surface area contributed by atoms with Crippen molar-refractivity contribution in [3.05, 3.63) is 34.4 Å². The Kier molecular flexibility index (Phi) is 5.83. The molecule has 1 saturated carbocycles. The van der Waals surface area contributed by atoms with E-state index in [0.717, 1.165) is 5.92 Å². The van der Waals surface area contributed by atoms with E-state index in [1.165, 1.54) is 54.4 Å². The van der Waals surface area contributed by atoms with Gasteiger partial charge in [-0.2, -0.15) is 0 Å². The van der Waals surface area contributed by atoms with Crippen LogP contribution < -0.4 is 5.73 Å². The smallest absolute Gasteiger partial charge is 0.0663 e.